The molecule has 1 aliphatic carbocycles. The monoisotopic (exact) mass is 268 g/mol. The van der Waals surface area contributed by atoms with E-state index in [2.05, 4.69) is 30.3 Å². The van der Waals surface area contributed by atoms with Crippen molar-refractivity contribution in [3.63, 3.8) is 0 Å². The van der Waals surface area contributed by atoms with Gasteiger partial charge in [0.1, 0.15) is 0 Å². The van der Waals surface area contributed by atoms with E-state index in [9.17, 15) is 4.79 Å². The van der Waals surface area contributed by atoms with Crippen molar-refractivity contribution in [3.8, 4) is 0 Å². The van der Waals surface area contributed by atoms with Gasteiger partial charge in [-0.05, 0) is 24.7 Å². The minimum absolute atomic E-state index is 0.0802. The number of aliphatic carboxylic acids is 1. The molecule has 1 aliphatic rings. The summed E-state index contributed by atoms with van der Waals surface area (Å²) in [5.74, 6) is 0.488. The zero-order chi connectivity index (χ0) is 13.3. The molecule has 0 unspecified atom stereocenters. The number of nitrogens with zero attached hydrogens (tertiary/aromatic N) is 2. The van der Waals surface area contributed by atoms with Crippen molar-refractivity contribution in [2.45, 2.75) is 50.7 Å². The van der Waals surface area contributed by atoms with Crippen molar-refractivity contribution in [3.05, 3.63) is 11.9 Å². The van der Waals surface area contributed by atoms with Gasteiger partial charge in [0.15, 0.2) is 5.16 Å². The molecular weight excluding hydrogens is 248 g/mol. The molecule has 2 rings (SSSR count). The molecule has 0 aliphatic heterocycles. The molecule has 1 saturated carbocycles. The average Bonchev–Trinajstić information content (AvgIpc) is 2.65. The number of hydrogen-bond acceptors (Lipinski definition) is 3. The number of rotatable bonds is 5. The molecule has 1 heterocycles. The fourth-order valence-corrected chi connectivity index (χ4v) is 3.23. The summed E-state index contributed by atoms with van der Waals surface area (Å²) in [6, 6.07) is 0.510. The summed E-state index contributed by atoms with van der Waals surface area (Å²) in [6.45, 7) is 6.56. The van der Waals surface area contributed by atoms with Gasteiger partial charge in [0, 0.05) is 17.9 Å². The third-order valence-corrected chi connectivity index (χ3v) is 4.37. The molecule has 0 amide bonds. The molecular formula is C13H20N2O2S. The molecule has 0 aromatic carbocycles. The highest BCUT2D eigenvalue weighted by atomic mass is 32.2. The maximum atomic E-state index is 10.7. The number of thioether (sulfide) groups is 1. The van der Waals surface area contributed by atoms with Crippen LogP contribution in [-0.2, 0) is 4.79 Å². The molecule has 1 N–H and O–H groups in total. The second-order valence-corrected chi connectivity index (χ2v) is 6.35. The molecule has 5 heteroatoms. The Labute approximate surface area is 112 Å². The summed E-state index contributed by atoms with van der Waals surface area (Å²) in [5, 5.41) is 9.63. The summed E-state index contributed by atoms with van der Waals surface area (Å²) in [5.41, 5.74) is 1.22. The fourth-order valence-electron chi connectivity index (χ4n) is 2.45. The number of carboxylic acid groups (broad SMARTS) is 1. The van der Waals surface area contributed by atoms with Crippen LogP contribution in [0.2, 0.25) is 0 Å². The van der Waals surface area contributed by atoms with Crippen molar-refractivity contribution in [2.75, 3.05) is 5.75 Å². The normalized spacial score (nSPS) is 23.1. The second kappa shape index (κ2) is 5.34. The molecule has 1 fully saturated rings. The summed E-state index contributed by atoms with van der Waals surface area (Å²) < 4.78 is 2.26. The molecule has 4 nitrogen and oxygen atoms in total. The Morgan fingerprint density at radius 1 is 1.61 bits per heavy atom. The number of carboxylic acids is 1. The second-order valence-electron chi connectivity index (χ2n) is 5.40. The first-order valence-electron chi connectivity index (χ1n) is 6.40. The fraction of sp³-hybridized carbons (Fsp3) is 0.692. The topological polar surface area (TPSA) is 55.1 Å². The Balaban J connectivity index is 2.20. The Kier molecular flexibility index (Phi) is 4.00. The van der Waals surface area contributed by atoms with Crippen LogP contribution >= 0.6 is 11.8 Å². The summed E-state index contributed by atoms with van der Waals surface area (Å²) in [4.78, 5) is 15.1. The van der Waals surface area contributed by atoms with Crippen molar-refractivity contribution in [1.82, 2.24) is 9.55 Å². The molecule has 0 atom stereocenters. The zero-order valence-electron chi connectivity index (χ0n) is 11.1. The van der Waals surface area contributed by atoms with Crippen LogP contribution < -0.4 is 0 Å². The molecule has 0 spiro atoms. The highest BCUT2D eigenvalue weighted by molar-refractivity contribution is 7.99. The van der Waals surface area contributed by atoms with Crippen molar-refractivity contribution in [2.24, 2.45) is 5.92 Å². The van der Waals surface area contributed by atoms with Gasteiger partial charge in [-0.2, -0.15) is 0 Å². The maximum Gasteiger partial charge on any atom is 0.313 e. The first-order chi connectivity index (χ1) is 8.49. The number of carbonyl (C=O) groups is 1. The maximum absolute atomic E-state index is 10.7. The van der Waals surface area contributed by atoms with Crippen LogP contribution in [0.1, 0.15) is 51.3 Å². The van der Waals surface area contributed by atoms with Gasteiger partial charge >= 0.3 is 5.97 Å². The predicted octanol–water partition coefficient (Wildman–Crippen LogP) is 3.15. The van der Waals surface area contributed by atoms with E-state index < -0.39 is 5.97 Å². The molecule has 0 radical (unpaired) electrons. The van der Waals surface area contributed by atoms with Crippen LogP contribution in [0.5, 0.6) is 0 Å². The standard InChI is InChI=1S/C13H20N2O2S/c1-8(2)11-6-14-13(18-7-12(16)17)15(11)10-4-9(3)5-10/h6,8-10H,4-5,7H2,1-3H3,(H,16,17). The van der Waals surface area contributed by atoms with Crippen LogP contribution in [0.3, 0.4) is 0 Å². The quantitative estimate of drug-likeness (QED) is 0.833. The number of hydrogen-bond donors (Lipinski definition) is 1. The predicted molar refractivity (Wildman–Crippen MR) is 72.1 cm³/mol. The Bertz CT molecular complexity index is 436. The van der Waals surface area contributed by atoms with Gasteiger partial charge in [-0.15, -0.1) is 0 Å². The summed E-state index contributed by atoms with van der Waals surface area (Å²) in [7, 11) is 0. The van der Waals surface area contributed by atoms with Crippen LogP contribution in [-0.4, -0.2) is 26.4 Å². The molecule has 100 valence electrons. The summed E-state index contributed by atoms with van der Waals surface area (Å²) in [6.07, 6.45) is 4.26. The van der Waals surface area contributed by atoms with Crippen molar-refractivity contribution >= 4 is 17.7 Å². The average molecular weight is 268 g/mol. The lowest BCUT2D eigenvalue weighted by Gasteiger charge is -2.36. The van der Waals surface area contributed by atoms with E-state index in [1.807, 2.05) is 6.20 Å². The minimum Gasteiger partial charge on any atom is -0.481 e. The highest BCUT2D eigenvalue weighted by Crippen LogP contribution is 2.41. The van der Waals surface area contributed by atoms with Gasteiger partial charge < -0.3 is 9.67 Å². The van der Waals surface area contributed by atoms with Crippen LogP contribution in [0.4, 0.5) is 0 Å². The highest BCUT2D eigenvalue weighted by Gasteiger charge is 2.31. The lowest BCUT2D eigenvalue weighted by molar-refractivity contribution is -0.133. The van der Waals surface area contributed by atoms with Gasteiger partial charge in [-0.25, -0.2) is 4.98 Å². The van der Waals surface area contributed by atoms with Gasteiger partial charge in [0.2, 0.25) is 0 Å². The van der Waals surface area contributed by atoms with Gasteiger partial charge in [-0.3, -0.25) is 4.79 Å². The van der Waals surface area contributed by atoms with Crippen molar-refractivity contribution in [1.29, 1.82) is 0 Å². The third-order valence-electron chi connectivity index (χ3n) is 3.42. The van der Waals surface area contributed by atoms with Crippen LogP contribution in [0.25, 0.3) is 0 Å². The van der Waals surface area contributed by atoms with Gasteiger partial charge in [0.05, 0.1) is 5.75 Å². The van der Waals surface area contributed by atoms with E-state index in [0.29, 0.717) is 12.0 Å². The van der Waals surface area contributed by atoms with Crippen molar-refractivity contribution < 1.29 is 9.90 Å². The first-order valence-corrected chi connectivity index (χ1v) is 7.39. The van der Waals surface area contributed by atoms with Gasteiger partial charge in [-0.1, -0.05) is 32.5 Å². The van der Waals surface area contributed by atoms with E-state index in [1.165, 1.54) is 30.3 Å². The molecule has 0 bridgehead atoms. The van der Waals surface area contributed by atoms with E-state index in [0.717, 1.165) is 11.1 Å². The lowest BCUT2D eigenvalue weighted by atomic mass is 9.81. The minimum atomic E-state index is -0.789. The third kappa shape index (κ3) is 2.71. The first kappa shape index (κ1) is 13.5. The molecule has 0 saturated heterocycles. The lowest BCUT2D eigenvalue weighted by Crippen LogP contribution is -2.27. The molecule has 1 aromatic rings. The Morgan fingerprint density at radius 3 is 2.78 bits per heavy atom. The SMILES string of the molecule is CC1CC(n2c(C(C)C)cnc2SCC(=O)O)C1. The van der Waals surface area contributed by atoms with E-state index in [1.54, 1.807) is 0 Å². The van der Waals surface area contributed by atoms with E-state index >= 15 is 0 Å². The van der Waals surface area contributed by atoms with Gasteiger partial charge in [0.25, 0.3) is 0 Å². The van der Waals surface area contributed by atoms with Crippen LogP contribution in [0, 0.1) is 5.92 Å². The number of imidazole rings is 1. The Morgan fingerprint density at radius 2 is 2.28 bits per heavy atom. The summed E-state index contributed by atoms with van der Waals surface area (Å²) >= 11 is 1.32. The smallest absolute Gasteiger partial charge is 0.313 e. The molecule has 18 heavy (non-hydrogen) atoms. The van der Waals surface area contributed by atoms with E-state index in [4.69, 9.17) is 5.11 Å². The molecule has 1 aromatic heterocycles. The van der Waals surface area contributed by atoms with E-state index in [-0.39, 0.29) is 5.75 Å². The van der Waals surface area contributed by atoms with Crippen LogP contribution in [0.15, 0.2) is 11.4 Å². The largest absolute Gasteiger partial charge is 0.481 e. The zero-order valence-corrected chi connectivity index (χ0v) is 11.9. The Hall–Kier alpha value is -0.970. The number of aromatic nitrogens is 2.